The lowest BCUT2D eigenvalue weighted by molar-refractivity contribution is -0.115. The van der Waals surface area contributed by atoms with Crippen LogP contribution in [0.3, 0.4) is 0 Å². The van der Waals surface area contributed by atoms with Gasteiger partial charge in [-0.15, -0.1) is 5.10 Å². The first-order valence-electron chi connectivity index (χ1n) is 4.17. The van der Waals surface area contributed by atoms with Gasteiger partial charge in [-0.2, -0.15) is 13.2 Å². The van der Waals surface area contributed by atoms with E-state index in [2.05, 4.69) is 5.10 Å². The monoisotopic (exact) mass is 238 g/mol. The second-order valence-electron chi connectivity index (χ2n) is 3.09. The van der Waals surface area contributed by atoms with Crippen molar-refractivity contribution in [1.29, 1.82) is 0 Å². The summed E-state index contributed by atoms with van der Waals surface area (Å²) in [5, 5.41) is 5.23. The zero-order valence-corrected chi connectivity index (χ0v) is 8.50. The van der Waals surface area contributed by atoms with Crippen LogP contribution in [0.1, 0.15) is 0 Å². The van der Waals surface area contributed by atoms with Gasteiger partial charge in [0.2, 0.25) is 5.82 Å². The van der Waals surface area contributed by atoms with Gasteiger partial charge >= 0.3 is 11.9 Å². The van der Waals surface area contributed by atoms with Crippen molar-refractivity contribution in [2.24, 2.45) is 14.1 Å². The molecule has 1 aromatic heterocycles. The van der Waals surface area contributed by atoms with E-state index in [0.29, 0.717) is 4.57 Å². The number of hydrogen-bond acceptors (Lipinski definition) is 4. The van der Waals surface area contributed by atoms with Gasteiger partial charge in [-0.1, -0.05) is 0 Å². The van der Waals surface area contributed by atoms with Gasteiger partial charge in [-0.3, -0.25) is 9.36 Å². The molecule has 0 unspecified atom stereocenters. The molecule has 9 heteroatoms. The highest BCUT2D eigenvalue weighted by molar-refractivity contribution is 5.29. The van der Waals surface area contributed by atoms with Crippen LogP contribution in [-0.2, 0) is 14.1 Å². The first kappa shape index (κ1) is 12.3. The maximum atomic E-state index is 11.9. The summed E-state index contributed by atoms with van der Waals surface area (Å²) in [7, 11) is 2.39. The smallest absolute Gasteiger partial charge is 0.355 e. The standard InChI is InChI=1S/C7H9F3N4O2/c1-13-5(15)4(11-3-7(8,9)10)12-14(2)6(13)16/h3H2,1-2H3,(H,11,12). The van der Waals surface area contributed by atoms with Crippen LogP contribution in [0.5, 0.6) is 0 Å². The van der Waals surface area contributed by atoms with Crippen molar-refractivity contribution in [1.82, 2.24) is 14.3 Å². The van der Waals surface area contributed by atoms with Crippen LogP contribution in [0, 0.1) is 0 Å². The van der Waals surface area contributed by atoms with Gasteiger partial charge in [-0.25, -0.2) is 9.48 Å². The fraction of sp³-hybridized carbons (Fsp3) is 0.571. The molecule has 1 rings (SSSR count). The first-order chi connectivity index (χ1) is 7.22. The molecule has 0 aliphatic carbocycles. The Labute approximate surface area is 87.3 Å². The molecule has 0 saturated heterocycles. The molecule has 16 heavy (non-hydrogen) atoms. The number of nitrogens with zero attached hydrogens (tertiary/aromatic N) is 3. The summed E-state index contributed by atoms with van der Waals surface area (Å²) in [6, 6.07) is 0. The number of nitrogens with one attached hydrogen (secondary N) is 1. The van der Waals surface area contributed by atoms with Crippen molar-refractivity contribution in [3.63, 3.8) is 0 Å². The molecule has 0 aromatic carbocycles. The quantitative estimate of drug-likeness (QED) is 0.750. The third-order valence-electron chi connectivity index (χ3n) is 1.78. The summed E-state index contributed by atoms with van der Waals surface area (Å²) >= 11 is 0. The molecule has 0 aliphatic rings. The number of aromatic nitrogens is 3. The van der Waals surface area contributed by atoms with Gasteiger partial charge in [0.1, 0.15) is 6.54 Å². The minimum absolute atomic E-state index is 0.512. The highest BCUT2D eigenvalue weighted by Gasteiger charge is 2.27. The van der Waals surface area contributed by atoms with E-state index in [0.717, 1.165) is 11.7 Å². The molecule has 0 atom stereocenters. The third-order valence-corrected chi connectivity index (χ3v) is 1.78. The number of alkyl halides is 3. The summed E-state index contributed by atoms with van der Waals surface area (Å²) in [6.45, 7) is -1.38. The lowest BCUT2D eigenvalue weighted by Gasteiger charge is -2.09. The van der Waals surface area contributed by atoms with Crippen molar-refractivity contribution >= 4 is 5.82 Å². The van der Waals surface area contributed by atoms with Gasteiger partial charge in [0.15, 0.2) is 0 Å². The largest absolute Gasteiger partial charge is 0.405 e. The minimum Gasteiger partial charge on any atom is -0.355 e. The Balaban J connectivity index is 3.08. The normalized spacial score (nSPS) is 11.6. The van der Waals surface area contributed by atoms with Crippen LogP contribution < -0.4 is 16.6 Å². The van der Waals surface area contributed by atoms with Gasteiger partial charge in [0, 0.05) is 14.1 Å². The van der Waals surface area contributed by atoms with E-state index < -0.39 is 29.8 Å². The summed E-state index contributed by atoms with van der Waals surface area (Å²) in [4.78, 5) is 22.5. The summed E-state index contributed by atoms with van der Waals surface area (Å²) in [5.74, 6) is -0.512. The highest BCUT2D eigenvalue weighted by Crippen LogP contribution is 2.13. The second-order valence-corrected chi connectivity index (χ2v) is 3.09. The molecule has 0 radical (unpaired) electrons. The van der Waals surface area contributed by atoms with Crippen molar-refractivity contribution < 1.29 is 13.2 Å². The van der Waals surface area contributed by atoms with E-state index in [1.165, 1.54) is 7.05 Å². The molecular formula is C7H9F3N4O2. The maximum absolute atomic E-state index is 11.9. The molecule has 0 saturated carbocycles. The summed E-state index contributed by atoms with van der Waals surface area (Å²) < 4.78 is 37.1. The molecule has 90 valence electrons. The van der Waals surface area contributed by atoms with Crippen LogP contribution >= 0.6 is 0 Å². The number of halogens is 3. The van der Waals surface area contributed by atoms with Crippen LogP contribution in [0.4, 0.5) is 19.0 Å². The maximum Gasteiger partial charge on any atom is 0.405 e. The van der Waals surface area contributed by atoms with E-state index in [1.807, 2.05) is 5.32 Å². The number of rotatable bonds is 2. The van der Waals surface area contributed by atoms with Crippen LogP contribution in [0.15, 0.2) is 9.59 Å². The van der Waals surface area contributed by atoms with Crippen molar-refractivity contribution in [2.45, 2.75) is 6.18 Å². The summed E-state index contributed by atoms with van der Waals surface area (Å²) in [6.07, 6.45) is -4.46. The number of aryl methyl sites for hydroxylation is 1. The van der Waals surface area contributed by atoms with E-state index in [1.54, 1.807) is 0 Å². The lowest BCUT2D eigenvalue weighted by Crippen LogP contribution is -2.40. The predicted octanol–water partition coefficient (Wildman–Crippen LogP) is -0.547. The molecule has 1 heterocycles. The van der Waals surface area contributed by atoms with Crippen LogP contribution in [0.2, 0.25) is 0 Å². The SMILES string of the molecule is Cn1nc(NCC(F)(F)F)c(=O)n(C)c1=O. The van der Waals surface area contributed by atoms with Gasteiger partial charge in [-0.05, 0) is 0 Å². The Morgan fingerprint density at radius 2 is 1.88 bits per heavy atom. The van der Waals surface area contributed by atoms with Crippen molar-refractivity contribution in [2.75, 3.05) is 11.9 Å². The Morgan fingerprint density at radius 1 is 1.31 bits per heavy atom. The third kappa shape index (κ3) is 2.61. The average molecular weight is 238 g/mol. The zero-order chi connectivity index (χ0) is 12.5. The zero-order valence-electron chi connectivity index (χ0n) is 8.50. The molecule has 0 aliphatic heterocycles. The van der Waals surface area contributed by atoms with Crippen LogP contribution in [-0.4, -0.2) is 27.1 Å². The average Bonchev–Trinajstić information content (AvgIpc) is 2.17. The van der Waals surface area contributed by atoms with E-state index in [9.17, 15) is 22.8 Å². The summed E-state index contributed by atoms with van der Waals surface area (Å²) in [5.41, 5.74) is -1.60. The number of hydrogen-bond donors (Lipinski definition) is 1. The van der Waals surface area contributed by atoms with Crippen molar-refractivity contribution in [3.05, 3.63) is 20.8 Å². The Hall–Kier alpha value is -1.80. The van der Waals surface area contributed by atoms with Crippen molar-refractivity contribution in [3.8, 4) is 0 Å². The molecule has 0 spiro atoms. The molecule has 1 aromatic rings. The number of anilines is 1. The van der Waals surface area contributed by atoms with E-state index in [4.69, 9.17) is 0 Å². The Kier molecular flexibility index (Phi) is 3.06. The Morgan fingerprint density at radius 3 is 2.38 bits per heavy atom. The van der Waals surface area contributed by atoms with Crippen LogP contribution in [0.25, 0.3) is 0 Å². The predicted molar refractivity (Wildman–Crippen MR) is 49.3 cm³/mol. The molecular weight excluding hydrogens is 229 g/mol. The molecule has 6 nitrogen and oxygen atoms in total. The minimum atomic E-state index is -4.46. The van der Waals surface area contributed by atoms with Gasteiger partial charge in [0.25, 0.3) is 5.56 Å². The van der Waals surface area contributed by atoms with Gasteiger partial charge in [0.05, 0.1) is 0 Å². The molecule has 0 bridgehead atoms. The van der Waals surface area contributed by atoms with E-state index in [-0.39, 0.29) is 0 Å². The second kappa shape index (κ2) is 3.99. The fourth-order valence-corrected chi connectivity index (χ4v) is 0.993. The lowest BCUT2D eigenvalue weighted by atomic mass is 10.5. The molecule has 0 amide bonds. The highest BCUT2D eigenvalue weighted by atomic mass is 19.4. The first-order valence-corrected chi connectivity index (χ1v) is 4.17. The Bertz CT molecular complexity index is 502. The molecule has 1 N–H and O–H groups in total. The van der Waals surface area contributed by atoms with Gasteiger partial charge < -0.3 is 5.32 Å². The fourth-order valence-electron chi connectivity index (χ4n) is 0.993. The van der Waals surface area contributed by atoms with E-state index >= 15 is 0 Å². The topological polar surface area (TPSA) is 68.9 Å². The molecule has 0 fully saturated rings.